The Labute approximate surface area is 140 Å². The Hall–Kier alpha value is -2.14. The highest BCUT2D eigenvalue weighted by Crippen LogP contribution is 2.23. The van der Waals surface area contributed by atoms with E-state index in [-0.39, 0.29) is 11.5 Å². The Bertz CT molecular complexity index is 817. The number of benzene rings is 1. The van der Waals surface area contributed by atoms with Crippen molar-refractivity contribution in [3.63, 3.8) is 0 Å². The highest BCUT2D eigenvalue weighted by molar-refractivity contribution is 6.30. The van der Waals surface area contributed by atoms with Crippen molar-refractivity contribution in [3.05, 3.63) is 52.8 Å². The van der Waals surface area contributed by atoms with Crippen molar-refractivity contribution in [2.24, 2.45) is 0 Å². The van der Waals surface area contributed by atoms with Crippen LogP contribution in [0.4, 0.5) is 5.82 Å². The molecule has 0 amide bonds. The fourth-order valence-electron chi connectivity index (χ4n) is 2.39. The maximum atomic E-state index is 5.94. The van der Waals surface area contributed by atoms with Gasteiger partial charge in [-0.15, -0.1) is 15.3 Å². The molecule has 0 bridgehead atoms. The van der Waals surface area contributed by atoms with Gasteiger partial charge in [0.1, 0.15) is 5.82 Å². The molecule has 1 unspecified atom stereocenters. The Kier molecular flexibility index (Phi) is 3.98. The second-order valence-electron chi connectivity index (χ2n) is 6.68. The summed E-state index contributed by atoms with van der Waals surface area (Å²) in [5.74, 6) is 1.63. The number of halogens is 1. The molecule has 3 aromatic rings. The summed E-state index contributed by atoms with van der Waals surface area (Å²) in [6.45, 7) is 8.39. The van der Waals surface area contributed by atoms with E-state index in [1.807, 2.05) is 36.4 Å². The predicted molar refractivity (Wildman–Crippen MR) is 93.0 cm³/mol. The Morgan fingerprint density at radius 2 is 1.74 bits per heavy atom. The number of fused-ring (bicyclic) bond motifs is 1. The van der Waals surface area contributed by atoms with E-state index in [1.54, 1.807) is 4.52 Å². The quantitative estimate of drug-likeness (QED) is 0.780. The Balaban J connectivity index is 1.89. The van der Waals surface area contributed by atoms with Gasteiger partial charge in [-0.2, -0.15) is 4.52 Å². The molecule has 23 heavy (non-hydrogen) atoms. The molecule has 6 heteroatoms. The van der Waals surface area contributed by atoms with Crippen LogP contribution in [0, 0.1) is 0 Å². The number of aromatic nitrogens is 4. The van der Waals surface area contributed by atoms with Gasteiger partial charge in [-0.3, -0.25) is 0 Å². The molecule has 2 heterocycles. The van der Waals surface area contributed by atoms with Crippen molar-refractivity contribution < 1.29 is 0 Å². The summed E-state index contributed by atoms with van der Waals surface area (Å²) in [5.41, 5.74) is 1.78. The fourth-order valence-corrected chi connectivity index (χ4v) is 2.52. The molecule has 1 N–H and O–H groups in total. The zero-order valence-corrected chi connectivity index (χ0v) is 14.5. The third-order valence-corrected chi connectivity index (χ3v) is 3.92. The predicted octanol–water partition coefficient (Wildman–Crippen LogP) is 4.25. The molecule has 0 radical (unpaired) electrons. The van der Waals surface area contributed by atoms with Crippen LogP contribution in [0.3, 0.4) is 0 Å². The lowest BCUT2D eigenvalue weighted by molar-refractivity contribution is 0.527. The standard InChI is InChI=1S/C17H20ClN5/c1-11(12-5-7-13(18)8-6-12)19-14-9-10-15-20-21-16(17(2,3)4)23(15)22-14/h5-11H,1-4H3,(H,19,22). The second kappa shape index (κ2) is 5.81. The molecule has 1 aromatic carbocycles. The second-order valence-corrected chi connectivity index (χ2v) is 7.12. The summed E-state index contributed by atoms with van der Waals surface area (Å²) in [6, 6.07) is 11.8. The molecule has 0 saturated heterocycles. The van der Waals surface area contributed by atoms with Crippen LogP contribution in [0.15, 0.2) is 36.4 Å². The van der Waals surface area contributed by atoms with Crippen molar-refractivity contribution in [1.29, 1.82) is 0 Å². The number of hydrogen-bond acceptors (Lipinski definition) is 4. The largest absolute Gasteiger partial charge is 0.362 e. The minimum absolute atomic E-state index is 0.117. The van der Waals surface area contributed by atoms with Gasteiger partial charge in [0.05, 0.1) is 0 Å². The Morgan fingerprint density at radius 3 is 2.39 bits per heavy atom. The molecule has 0 fully saturated rings. The summed E-state index contributed by atoms with van der Waals surface area (Å²) in [6.07, 6.45) is 0. The first kappa shape index (κ1) is 15.7. The normalized spacial score (nSPS) is 13.3. The number of anilines is 1. The summed E-state index contributed by atoms with van der Waals surface area (Å²) in [4.78, 5) is 0. The average molecular weight is 330 g/mol. The van der Waals surface area contributed by atoms with Gasteiger partial charge < -0.3 is 5.32 Å². The summed E-state index contributed by atoms with van der Waals surface area (Å²) in [5, 5.41) is 17.2. The maximum absolute atomic E-state index is 5.94. The van der Waals surface area contributed by atoms with Crippen molar-refractivity contribution in [2.75, 3.05) is 5.32 Å². The molecule has 0 spiro atoms. The molecule has 0 aliphatic rings. The molecule has 5 nitrogen and oxygen atoms in total. The van der Waals surface area contributed by atoms with Crippen LogP contribution < -0.4 is 5.32 Å². The van der Waals surface area contributed by atoms with Crippen LogP contribution in [0.2, 0.25) is 5.02 Å². The number of hydrogen-bond donors (Lipinski definition) is 1. The first-order chi connectivity index (χ1) is 10.8. The topological polar surface area (TPSA) is 55.1 Å². The van der Waals surface area contributed by atoms with Crippen LogP contribution in [-0.4, -0.2) is 19.8 Å². The van der Waals surface area contributed by atoms with Crippen LogP contribution >= 0.6 is 11.6 Å². The zero-order valence-electron chi connectivity index (χ0n) is 13.7. The molecular weight excluding hydrogens is 310 g/mol. The SMILES string of the molecule is CC(Nc1ccc2nnc(C(C)(C)C)n2n1)c1ccc(Cl)cc1. The Morgan fingerprint density at radius 1 is 1.04 bits per heavy atom. The highest BCUT2D eigenvalue weighted by atomic mass is 35.5. The number of nitrogens with zero attached hydrogens (tertiary/aromatic N) is 4. The van der Waals surface area contributed by atoms with Gasteiger partial charge in [0.2, 0.25) is 0 Å². The smallest absolute Gasteiger partial charge is 0.178 e. The van der Waals surface area contributed by atoms with Crippen LogP contribution in [0.25, 0.3) is 5.65 Å². The third-order valence-electron chi connectivity index (χ3n) is 3.67. The first-order valence-corrected chi connectivity index (χ1v) is 7.97. The first-order valence-electron chi connectivity index (χ1n) is 7.59. The zero-order chi connectivity index (χ0) is 16.6. The van der Waals surface area contributed by atoms with E-state index < -0.39 is 0 Å². The van der Waals surface area contributed by atoms with Crippen molar-refractivity contribution >= 4 is 23.1 Å². The monoisotopic (exact) mass is 329 g/mol. The maximum Gasteiger partial charge on any atom is 0.178 e. The van der Waals surface area contributed by atoms with E-state index in [1.165, 1.54) is 0 Å². The fraction of sp³-hybridized carbons (Fsp3) is 0.353. The summed E-state index contributed by atoms with van der Waals surface area (Å²) in [7, 11) is 0. The minimum Gasteiger partial charge on any atom is -0.362 e. The third kappa shape index (κ3) is 3.29. The van der Waals surface area contributed by atoms with Gasteiger partial charge in [0, 0.05) is 16.5 Å². The lowest BCUT2D eigenvalue weighted by Gasteiger charge is -2.17. The minimum atomic E-state index is -0.118. The van der Waals surface area contributed by atoms with E-state index in [9.17, 15) is 0 Å². The molecule has 3 rings (SSSR count). The van der Waals surface area contributed by atoms with E-state index >= 15 is 0 Å². The lowest BCUT2D eigenvalue weighted by Crippen LogP contribution is -2.18. The van der Waals surface area contributed by atoms with Crippen molar-refractivity contribution in [3.8, 4) is 0 Å². The molecule has 120 valence electrons. The van der Waals surface area contributed by atoms with Crippen LogP contribution in [0.1, 0.15) is 45.1 Å². The van der Waals surface area contributed by atoms with Gasteiger partial charge in [0.25, 0.3) is 0 Å². The van der Waals surface area contributed by atoms with Gasteiger partial charge in [0.15, 0.2) is 11.5 Å². The van der Waals surface area contributed by atoms with Crippen LogP contribution in [-0.2, 0) is 5.41 Å². The number of rotatable bonds is 3. The summed E-state index contributed by atoms with van der Waals surface area (Å²) < 4.78 is 1.80. The van der Waals surface area contributed by atoms with Crippen molar-refractivity contribution in [2.45, 2.75) is 39.2 Å². The van der Waals surface area contributed by atoms with Gasteiger partial charge in [-0.25, -0.2) is 0 Å². The average Bonchev–Trinajstić information content (AvgIpc) is 2.91. The van der Waals surface area contributed by atoms with E-state index in [0.29, 0.717) is 0 Å². The van der Waals surface area contributed by atoms with Gasteiger partial charge in [-0.1, -0.05) is 44.5 Å². The summed E-state index contributed by atoms with van der Waals surface area (Å²) >= 11 is 5.94. The molecule has 1 atom stereocenters. The highest BCUT2D eigenvalue weighted by Gasteiger charge is 2.22. The molecule has 0 aliphatic heterocycles. The van der Waals surface area contributed by atoms with Crippen molar-refractivity contribution in [1.82, 2.24) is 19.8 Å². The van der Waals surface area contributed by atoms with Gasteiger partial charge >= 0.3 is 0 Å². The lowest BCUT2D eigenvalue weighted by atomic mass is 9.96. The number of nitrogens with one attached hydrogen (secondary N) is 1. The molecule has 0 saturated carbocycles. The molecule has 2 aromatic heterocycles. The molecule has 0 aliphatic carbocycles. The van der Waals surface area contributed by atoms with E-state index in [2.05, 4.69) is 48.3 Å². The van der Waals surface area contributed by atoms with Crippen LogP contribution in [0.5, 0.6) is 0 Å². The van der Waals surface area contributed by atoms with E-state index in [0.717, 1.165) is 27.9 Å². The molecular formula is C17H20ClN5. The van der Waals surface area contributed by atoms with E-state index in [4.69, 9.17) is 11.6 Å². The van der Waals surface area contributed by atoms with Gasteiger partial charge in [-0.05, 0) is 36.8 Å².